The number of nitrogens with one attached hydrogen (secondary N) is 1. The minimum Gasteiger partial charge on any atom is -0.507 e. The van der Waals surface area contributed by atoms with Crippen molar-refractivity contribution in [2.45, 2.75) is 46.3 Å². The summed E-state index contributed by atoms with van der Waals surface area (Å²) >= 11 is 0. The Morgan fingerprint density at radius 2 is 1.90 bits per heavy atom. The van der Waals surface area contributed by atoms with Gasteiger partial charge in [-0.05, 0) is 46.2 Å². The van der Waals surface area contributed by atoms with Crippen LogP contribution < -0.4 is 15.5 Å². The number of esters is 1. The number of carbonyl (C=O) groups excluding carboxylic acids is 2. The van der Waals surface area contributed by atoms with Crippen molar-refractivity contribution < 1.29 is 28.6 Å². The number of hydrogen-bond acceptors (Lipinski definition) is 7. The third-order valence-electron chi connectivity index (χ3n) is 4.26. The van der Waals surface area contributed by atoms with E-state index in [0.29, 0.717) is 11.0 Å². The fourth-order valence-electron chi connectivity index (χ4n) is 2.90. The predicted octanol–water partition coefficient (Wildman–Crippen LogP) is 3.78. The van der Waals surface area contributed by atoms with Gasteiger partial charge in [0, 0.05) is 12.1 Å². The molecule has 1 atom stereocenters. The second kappa shape index (κ2) is 7.70. The lowest BCUT2D eigenvalue weighted by Gasteiger charge is -2.21. The van der Waals surface area contributed by atoms with Crippen LogP contribution in [0.4, 0.5) is 4.79 Å². The Morgan fingerprint density at radius 3 is 2.57 bits per heavy atom. The first-order chi connectivity index (χ1) is 14.0. The Morgan fingerprint density at radius 1 is 1.20 bits per heavy atom. The molecular formula is C22H23NO7. The molecule has 0 spiro atoms. The molecule has 3 aromatic rings. The third-order valence-corrected chi connectivity index (χ3v) is 4.26. The van der Waals surface area contributed by atoms with Crippen molar-refractivity contribution in [3.8, 4) is 11.5 Å². The molecule has 0 aliphatic heterocycles. The number of phenolic OH excluding ortho intramolecular Hbond substituents is 1. The summed E-state index contributed by atoms with van der Waals surface area (Å²) in [6, 6.07) is 6.63. The number of benzene rings is 2. The molecule has 0 aliphatic carbocycles. The molecule has 0 aliphatic rings. The molecule has 158 valence electrons. The van der Waals surface area contributed by atoms with Gasteiger partial charge in [0.05, 0.1) is 5.39 Å². The molecule has 0 saturated heterocycles. The van der Waals surface area contributed by atoms with Crippen LogP contribution in [0.3, 0.4) is 0 Å². The van der Waals surface area contributed by atoms with Gasteiger partial charge in [-0.25, -0.2) is 9.59 Å². The van der Waals surface area contributed by atoms with E-state index in [-0.39, 0.29) is 27.9 Å². The van der Waals surface area contributed by atoms with E-state index in [1.807, 2.05) is 0 Å². The average Bonchev–Trinajstić information content (AvgIpc) is 2.60. The van der Waals surface area contributed by atoms with E-state index in [4.69, 9.17) is 13.9 Å². The van der Waals surface area contributed by atoms with Gasteiger partial charge in [0.1, 0.15) is 39.7 Å². The minimum atomic E-state index is -1.01. The second-order valence-electron chi connectivity index (χ2n) is 7.99. The largest absolute Gasteiger partial charge is 0.507 e. The van der Waals surface area contributed by atoms with E-state index in [1.54, 1.807) is 45.9 Å². The van der Waals surface area contributed by atoms with Crippen molar-refractivity contribution in [1.29, 1.82) is 0 Å². The summed E-state index contributed by atoms with van der Waals surface area (Å²) in [4.78, 5) is 36.9. The molecule has 0 fully saturated rings. The molecule has 1 heterocycles. The lowest BCUT2D eigenvalue weighted by atomic mass is 10.1. The van der Waals surface area contributed by atoms with Gasteiger partial charge in [0.15, 0.2) is 0 Å². The van der Waals surface area contributed by atoms with Crippen molar-refractivity contribution in [2.75, 3.05) is 0 Å². The molecule has 30 heavy (non-hydrogen) atoms. The molecular weight excluding hydrogens is 390 g/mol. The number of fused-ring (bicyclic) bond motifs is 2. The molecule has 3 rings (SSSR count). The number of amides is 1. The van der Waals surface area contributed by atoms with Crippen LogP contribution in [0.5, 0.6) is 11.5 Å². The van der Waals surface area contributed by atoms with E-state index < -0.39 is 23.7 Å². The van der Waals surface area contributed by atoms with Gasteiger partial charge >= 0.3 is 12.1 Å². The molecule has 8 heteroatoms. The minimum absolute atomic E-state index is 0.00664. The number of phenols is 1. The summed E-state index contributed by atoms with van der Waals surface area (Å²) in [5.74, 6) is -1.18. The Balaban J connectivity index is 1.89. The summed E-state index contributed by atoms with van der Waals surface area (Å²) in [6.45, 7) is 8.33. The first kappa shape index (κ1) is 21.2. The average molecular weight is 413 g/mol. The van der Waals surface area contributed by atoms with E-state index >= 15 is 0 Å². The van der Waals surface area contributed by atoms with Crippen LogP contribution in [0.25, 0.3) is 21.9 Å². The van der Waals surface area contributed by atoms with Crippen molar-refractivity contribution in [3.63, 3.8) is 0 Å². The van der Waals surface area contributed by atoms with E-state index in [0.717, 1.165) is 11.6 Å². The Kier molecular flexibility index (Phi) is 5.43. The molecule has 1 unspecified atom stereocenters. The highest BCUT2D eigenvalue weighted by atomic mass is 16.6. The lowest BCUT2D eigenvalue weighted by molar-refractivity contribution is -0.136. The molecule has 0 radical (unpaired) electrons. The molecule has 1 amide bonds. The van der Waals surface area contributed by atoms with Crippen LogP contribution in [-0.4, -0.2) is 28.8 Å². The van der Waals surface area contributed by atoms with Gasteiger partial charge in [-0.1, -0.05) is 12.1 Å². The summed E-state index contributed by atoms with van der Waals surface area (Å²) < 4.78 is 16.1. The quantitative estimate of drug-likeness (QED) is 0.381. The fourth-order valence-corrected chi connectivity index (χ4v) is 2.90. The maximum Gasteiger partial charge on any atom is 0.408 e. The van der Waals surface area contributed by atoms with Gasteiger partial charge in [-0.3, -0.25) is 4.79 Å². The number of rotatable bonds is 3. The van der Waals surface area contributed by atoms with Gasteiger partial charge in [0.2, 0.25) is 5.43 Å². The van der Waals surface area contributed by atoms with Crippen LogP contribution in [0.2, 0.25) is 0 Å². The van der Waals surface area contributed by atoms with Crippen molar-refractivity contribution in [3.05, 3.63) is 46.1 Å². The molecule has 2 N–H and O–H groups in total. The number of ether oxygens (including phenoxy) is 2. The molecule has 8 nitrogen and oxygen atoms in total. The zero-order valence-corrected chi connectivity index (χ0v) is 17.4. The summed E-state index contributed by atoms with van der Waals surface area (Å²) in [5, 5.41) is 13.1. The van der Waals surface area contributed by atoms with Gasteiger partial charge in [-0.15, -0.1) is 0 Å². The maximum atomic E-state index is 12.7. The smallest absolute Gasteiger partial charge is 0.408 e. The highest BCUT2D eigenvalue weighted by molar-refractivity contribution is 5.95. The third kappa shape index (κ3) is 4.37. The molecule has 0 bridgehead atoms. The van der Waals surface area contributed by atoms with Crippen LogP contribution in [0.1, 0.15) is 33.3 Å². The van der Waals surface area contributed by atoms with Crippen LogP contribution >= 0.6 is 0 Å². The first-order valence-electron chi connectivity index (χ1n) is 9.36. The highest BCUT2D eigenvalue weighted by Crippen LogP contribution is 2.31. The van der Waals surface area contributed by atoms with E-state index in [1.165, 1.54) is 13.0 Å². The molecule has 2 aromatic carbocycles. The number of carbonyl (C=O) groups is 2. The number of para-hydroxylation sites is 1. The standard InChI is InChI=1S/C22H23NO7/c1-11-7-6-8-14-18(25)17-15(24)9-13(10-16(17)29-19(11)14)28-20(26)12(2)23-21(27)30-22(3,4)5/h6-10,12,24H,1-5H3,(H,23,27). The summed E-state index contributed by atoms with van der Waals surface area (Å²) in [6.07, 6.45) is -0.763. The molecule has 0 saturated carbocycles. The van der Waals surface area contributed by atoms with Crippen molar-refractivity contribution in [2.24, 2.45) is 0 Å². The molecule has 1 aromatic heterocycles. The van der Waals surface area contributed by atoms with Crippen LogP contribution in [-0.2, 0) is 9.53 Å². The van der Waals surface area contributed by atoms with Gasteiger partial charge < -0.3 is 24.3 Å². The zero-order valence-electron chi connectivity index (χ0n) is 17.4. The second-order valence-corrected chi connectivity index (χ2v) is 7.99. The van der Waals surface area contributed by atoms with Crippen LogP contribution in [0, 0.1) is 6.92 Å². The van der Waals surface area contributed by atoms with Crippen molar-refractivity contribution in [1.82, 2.24) is 5.32 Å². The SMILES string of the molecule is Cc1cccc2c(=O)c3c(O)cc(OC(=O)C(C)NC(=O)OC(C)(C)C)cc3oc12. The Bertz CT molecular complexity index is 1200. The normalized spacial score (nSPS) is 12.6. The lowest BCUT2D eigenvalue weighted by Crippen LogP contribution is -2.43. The highest BCUT2D eigenvalue weighted by Gasteiger charge is 2.23. The zero-order chi connectivity index (χ0) is 22.2. The topological polar surface area (TPSA) is 115 Å². The Hall–Kier alpha value is -3.55. The predicted molar refractivity (Wildman–Crippen MR) is 111 cm³/mol. The van der Waals surface area contributed by atoms with Crippen molar-refractivity contribution >= 4 is 34.0 Å². The van der Waals surface area contributed by atoms with Gasteiger partial charge in [0.25, 0.3) is 0 Å². The fraction of sp³-hybridized carbons (Fsp3) is 0.318. The van der Waals surface area contributed by atoms with E-state index in [9.17, 15) is 19.5 Å². The summed E-state index contributed by atoms with van der Waals surface area (Å²) in [7, 11) is 0. The first-order valence-corrected chi connectivity index (χ1v) is 9.36. The maximum absolute atomic E-state index is 12.7. The number of aromatic hydroxyl groups is 1. The van der Waals surface area contributed by atoms with E-state index in [2.05, 4.69) is 5.32 Å². The summed E-state index contributed by atoms with van der Waals surface area (Å²) in [5.41, 5.74) is 0.125. The number of alkyl carbamates (subject to hydrolysis) is 1. The van der Waals surface area contributed by atoms with Crippen LogP contribution in [0.15, 0.2) is 39.5 Å². The monoisotopic (exact) mass is 413 g/mol. The number of hydrogen-bond donors (Lipinski definition) is 2. The number of aryl methyl sites for hydroxylation is 1. The van der Waals surface area contributed by atoms with Gasteiger partial charge in [-0.2, -0.15) is 0 Å². The Labute approximate surface area is 172 Å².